The van der Waals surface area contributed by atoms with E-state index in [1.165, 1.54) is 18.4 Å². The topological polar surface area (TPSA) is 30.9 Å². The first-order valence-electron chi connectivity index (χ1n) is 4.58. The second-order valence-corrected chi connectivity index (χ2v) is 4.05. The van der Waals surface area contributed by atoms with Crippen LogP contribution in [0.2, 0.25) is 0 Å². The van der Waals surface area contributed by atoms with Gasteiger partial charge in [-0.05, 0) is 37.3 Å². The lowest BCUT2D eigenvalue weighted by atomic mass is 10.1. The lowest BCUT2D eigenvalue weighted by Crippen LogP contribution is -2.21. The van der Waals surface area contributed by atoms with Gasteiger partial charge in [-0.3, -0.25) is 0 Å². The van der Waals surface area contributed by atoms with Gasteiger partial charge in [-0.2, -0.15) is 0 Å². The van der Waals surface area contributed by atoms with Crippen LogP contribution in [0.1, 0.15) is 24.8 Å². The molecule has 2 N–H and O–H groups in total. The molecule has 2 heteroatoms. The Bertz CT molecular complexity index is 271. The fourth-order valence-electron chi connectivity index (χ4n) is 1.51. The van der Waals surface area contributed by atoms with Crippen molar-refractivity contribution in [3.05, 3.63) is 24.0 Å². The molecule has 1 fully saturated rings. The monoisotopic (exact) mass is 164 g/mol. The highest BCUT2D eigenvalue weighted by molar-refractivity contribution is 5.12. The van der Waals surface area contributed by atoms with E-state index in [9.17, 15) is 0 Å². The fraction of sp³-hybridized carbons (Fsp3) is 0.600. The van der Waals surface area contributed by atoms with Crippen molar-refractivity contribution in [3.8, 4) is 0 Å². The van der Waals surface area contributed by atoms with Gasteiger partial charge in [0.15, 0.2) is 0 Å². The molecular formula is C10H16N2. The first-order chi connectivity index (χ1) is 5.68. The highest BCUT2D eigenvalue weighted by Crippen LogP contribution is 2.36. The van der Waals surface area contributed by atoms with Crippen LogP contribution in [-0.2, 0) is 13.5 Å². The van der Waals surface area contributed by atoms with E-state index in [1.807, 2.05) is 0 Å². The van der Waals surface area contributed by atoms with Crippen molar-refractivity contribution in [2.45, 2.75) is 31.2 Å². The SMILES string of the molecule is Cn1ccc(CCC2(N)CC2)c1. The molecule has 0 amide bonds. The van der Waals surface area contributed by atoms with Gasteiger partial charge in [0.1, 0.15) is 0 Å². The van der Waals surface area contributed by atoms with Gasteiger partial charge in [-0.1, -0.05) is 0 Å². The van der Waals surface area contributed by atoms with Gasteiger partial charge in [0, 0.05) is 25.0 Å². The summed E-state index contributed by atoms with van der Waals surface area (Å²) in [5.74, 6) is 0. The van der Waals surface area contributed by atoms with Crippen LogP contribution in [0.25, 0.3) is 0 Å². The van der Waals surface area contributed by atoms with Gasteiger partial charge in [0.2, 0.25) is 0 Å². The van der Waals surface area contributed by atoms with Crippen LogP contribution in [0.4, 0.5) is 0 Å². The number of aryl methyl sites for hydroxylation is 2. The van der Waals surface area contributed by atoms with Crippen LogP contribution >= 0.6 is 0 Å². The number of aromatic nitrogens is 1. The minimum absolute atomic E-state index is 0.204. The molecule has 1 aromatic rings. The summed E-state index contributed by atoms with van der Waals surface area (Å²) in [7, 11) is 2.05. The first kappa shape index (κ1) is 7.87. The van der Waals surface area contributed by atoms with Gasteiger partial charge in [-0.15, -0.1) is 0 Å². The molecule has 1 saturated carbocycles. The zero-order chi connectivity index (χ0) is 8.60. The molecule has 0 spiro atoms. The maximum absolute atomic E-state index is 5.99. The zero-order valence-electron chi connectivity index (χ0n) is 7.59. The molecule has 0 bridgehead atoms. The van der Waals surface area contributed by atoms with E-state index in [2.05, 4.69) is 30.1 Å². The van der Waals surface area contributed by atoms with Crippen molar-refractivity contribution in [1.82, 2.24) is 4.57 Å². The van der Waals surface area contributed by atoms with Gasteiger partial charge >= 0.3 is 0 Å². The van der Waals surface area contributed by atoms with Crippen LogP contribution in [0, 0.1) is 0 Å². The molecule has 2 nitrogen and oxygen atoms in total. The Morgan fingerprint density at radius 3 is 2.83 bits per heavy atom. The summed E-state index contributed by atoms with van der Waals surface area (Å²) in [5, 5.41) is 0. The summed E-state index contributed by atoms with van der Waals surface area (Å²) in [4.78, 5) is 0. The van der Waals surface area contributed by atoms with Crippen LogP contribution in [-0.4, -0.2) is 10.1 Å². The summed E-state index contributed by atoms with van der Waals surface area (Å²) in [5.41, 5.74) is 7.61. The van der Waals surface area contributed by atoms with E-state index < -0.39 is 0 Å². The van der Waals surface area contributed by atoms with E-state index in [4.69, 9.17) is 5.73 Å². The highest BCUT2D eigenvalue weighted by Gasteiger charge is 2.37. The van der Waals surface area contributed by atoms with Crippen LogP contribution in [0.5, 0.6) is 0 Å². The van der Waals surface area contributed by atoms with Gasteiger partial charge in [0.25, 0.3) is 0 Å². The number of hydrogen-bond donors (Lipinski definition) is 1. The van der Waals surface area contributed by atoms with E-state index in [0.717, 1.165) is 12.8 Å². The lowest BCUT2D eigenvalue weighted by Gasteiger charge is -2.05. The molecular weight excluding hydrogens is 148 g/mol. The predicted octanol–water partition coefficient (Wildman–Crippen LogP) is 1.45. The average molecular weight is 164 g/mol. The summed E-state index contributed by atoms with van der Waals surface area (Å²) < 4.78 is 2.09. The normalized spacial score (nSPS) is 19.5. The summed E-state index contributed by atoms with van der Waals surface area (Å²) in [6.45, 7) is 0. The number of nitrogens with zero attached hydrogens (tertiary/aromatic N) is 1. The van der Waals surface area contributed by atoms with Crippen molar-refractivity contribution >= 4 is 0 Å². The molecule has 0 saturated heterocycles. The molecule has 1 aromatic heterocycles. The van der Waals surface area contributed by atoms with Gasteiger partial charge in [-0.25, -0.2) is 0 Å². The van der Waals surface area contributed by atoms with Gasteiger partial charge in [0.05, 0.1) is 0 Å². The predicted molar refractivity (Wildman–Crippen MR) is 49.9 cm³/mol. The van der Waals surface area contributed by atoms with E-state index in [0.29, 0.717) is 0 Å². The van der Waals surface area contributed by atoms with Crippen molar-refractivity contribution < 1.29 is 0 Å². The van der Waals surface area contributed by atoms with Crippen LogP contribution in [0.3, 0.4) is 0 Å². The smallest absolute Gasteiger partial charge is 0.0158 e. The van der Waals surface area contributed by atoms with Crippen molar-refractivity contribution in [3.63, 3.8) is 0 Å². The van der Waals surface area contributed by atoms with E-state index in [-0.39, 0.29) is 5.54 Å². The molecule has 0 atom stereocenters. The van der Waals surface area contributed by atoms with Crippen molar-refractivity contribution in [1.29, 1.82) is 0 Å². The Morgan fingerprint density at radius 2 is 2.33 bits per heavy atom. The Balaban J connectivity index is 1.87. The summed E-state index contributed by atoms with van der Waals surface area (Å²) in [6.07, 6.45) is 8.99. The summed E-state index contributed by atoms with van der Waals surface area (Å²) in [6, 6.07) is 2.17. The fourth-order valence-corrected chi connectivity index (χ4v) is 1.51. The molecule has 1 aliphatic rings. The summed E-state index contributed by atoms with van der Waals surface area (Å²) >= 11 is 0. The van der Waals surface area contributed by atoms with Crippen LogP contribution < -0.4 is 5.73 Å². The molecule has 12 heavy (non-hydrogen) atoms. The first-order valence-corrected chi connectivity index (χ1v) is 4.58. The quantitative estimate of drug-likeness (QED) is 0.720. The van der Waals surface area contributed by atoms with Crippen molar-refractivity contribution in [2.24, 2.45) is 12.8 Å². The molecule has 1 aliphatic carbocycles. The van der Waals surface area contributed by atoms with E-state index in [1.54, 1.807) is 0 Å². The molecule has 0 radical (unpaired) electrons. The third-order valence-electron chi connectivity index (χ3n) is 2.70. The molecule has 0 aromatic carbocycles. The second-order valence-electron chi connectivity index (χ2n) is 4.05. The highest BCUT2D eigenvalue weighted by atomic mass is 14.9. The molecule has 2 rings (SSSR count). The average Bonchev–Trinajstić information content (AvgIpc) is 2.60. The Labute approximate surface area is 73.4 Å². The third kappa shape index (κ3) is 1.69. The Hall–Kier alpha value is -0.760. The number of rotatable bonds is 3. The number of hydrogen-bond acceptors (Lipinski definition) is 1. The lowest BCUT2D eigenvalue weighted by molar-refractivity contribution is 0.609. The molecule has 0 unspecified atom stereocenters. The third-order valence-corrected chi connectivity index (χ3v) is 2.70. The minimum atomic E-state index is 0.204. The largest absolute Gasteiger partial charge is 0.357 e. The zero-order valence-corrected chi connectivity index (χ0v) is 7.59. The maximum Gasteiger partial charge on any atom is 0.0158 e. The molecule has 66 valence electrons. The molecule has 1 heterocycles. The maximum atomic E-state index is 5.99. The Kier molecular flexibility index (Phi) is 1.72. The minimum Gasteiger partial charge on any atom is -0.357 e. The van der Waals surface area contributed by atoms with Gasteiger partial charge < -0.3 is 10.3 Å². The standard InChI is InChI=1S/C10H16N2/c1-12-7-3-9(8-12)2-4-10(11)5-6-10/h3,7-8H,2,4-6,11H2,1H3. The Morgan fingerprint density at radius 1 is 1.58 bits per heavy atom. The number of nitrogens with two attached hydrogens (primary N) is 1. The molecule has 0 aliphatic heterocycles. The van der Waals surface area contributed by atoms with E-state index >= 15 is 0 Å². The van der Waals surface area contributed by atoms with Crippen molar-refractivity contribution in [2.75, 3.05) is 0 Å². The second kappa shape index (κ2) is 2.63. The van der Waals surface area contributed by atoms with Crippen LogP contribution in [0.15, 0.2) is 18.5 Å².